The van der Waals surface area contributed by atoms with E-state index < -0.39 is 18.3 Å². The molecule has 0 atom stereocenters. The van der Waals surface area contributed by atoms with Crippen LogP contribution in [0, 0.1) is 0 Å². The Morgan fingerprint density at radius 3 is 2.34 bits per heavy atom. The van der Waals surface area contributed by atoms with Crippen molar-refractivity contribution in [1.82, 2.24) is 4.98 Å². The minimum absolute atomic E-state index is 0.425. The van der Waals surface area contributed by atoms with Crippen molar-refractivity contribution in [2.45, 2.75) is 38.9 Å². The number of nitrogens with zero attached hydrogens (tertiary/aromatic N) is 1. The molecule has 35 heavy (non-hydrogen) atoms. The van der Waals surface area contributed by atoms with Gasteiger partial charge in [-0.05, 0) is 68.9 Å². The Hall–Kier alpha value is -3.61. The van der Waals surface area contributed by atoms with E-state index in [4.69, 9.17) is 23.1 Å². The van der Waals surface area contributed by atoms with Crippen molar-refractivity contribution in [3.63, 3.8) is 0 Å². The van der Waals surface area contributed by atoms with Gasteiger partial charge in [0.2, 0.25) is 5.89 Å². The van der Waals surface area contributed by atoms with Gasteiger partial charge in [-0.1, -0.05) is 42.5 Å². The predicted octanol–water partition coefficient (Wildman–Crippen LogP) is 6.85. The lowest BCUT2D eigenvalue weighted by Gasteiger charge is -2.32. The van der Waals surface area contributed by atoms with Crippen LogP contribution in [0.25, 0.3) is 55.3 Å². The molecule has 172 valence electrons. The van der Waals surface area contributed by atoms with Gasteiger partial charge in [-0.25, -0.2) is 4.98 Å². The average Bonchev–Trinajstić information content (AvgIpc) is 3.50. The van der Waals surface area contributed by atoms with Gasteiger partial charge in [-0.2, -0.15) is 0 Å². The van der Waals surface area contributed by atoms with Gasteiger partial charge in [0, 0.05) is 21.7 Å². The average molecular weight is 461 g/mol. The minimum atomic E-state index is -0.483. The molecule has 6 aromatic rings. The molecule has 0 radical (unpaired) electrons. The third-order valence-corrected chi connectivity index (χ3v) is 7.56. The summed E-state index contributed by atoms with van der Waals surface area (Å²) in [6.45, 7) is 8.26. The number of hydrogen-bond donors (Lipinski definition) is 0. The van der Waals surface area contributed by atoms with Crippen molar-refractivity contribution in [1.29, 1.82) is 0 Å². The molecular weight excluding hydrogens is 437 g/mol. The third-order valence-electron chi connectivity index (χ3n) is 7.56. The fourth-order valence-corrected chi connectivity index (χ4v) is 4.93. The molecule has 7 rings (SSSR count). The van der Waals surface area contributed by atoms with E-state index >= 15 is 0 Å². The van der Waals surface area contributed by atoms with Crippen molar-refractivity contribution in [3.05, 3.63) is 72.8 Å². The second kappa shape index (κ2) is 6.97. The van der Waals surface area contributed by atoms with Crippen LogP contribution in [0.3, 0.4) is 0 Å². The van der Waals surface area contributed by atoms with Crippen LogP contribution in [0.4, 0.5) is 0 Å². The van der Waals surface area contributed by atoms with Crippen molar-refractivity contribution >= 4 is 56.4 Å². The van der Waals surface area contributed by atoms with E-state index in [1.165, 1.54) is 0 Å². The summed E-state index contributed by atoms with van der Waals surface area (Å²) in [5.41, 5.74) is 4.24. The zero-order chi connectivity index (χ0) is 23.9. The molecule has 0 bridgehead atoms. The van der Waals surface area contributed by atoms with Crippen molar-refractivity contribution in [3.8, 4) is 11.5 Å². The first-order valence-corrected chi connectivity index (χ1v) is 11.9. The van der Waals surface area contributed by atoms with Gasteiger partial charge >= 0.3 is 7.12 Å². The highest BCUT2D eigenvalue weighted by Crippen LogP contribution is 2.39. The summed E-state index contributed by atoms with van der Waals surface area (Å²) in [5.74, 6) is 0.584. The summed E-state index contributed by atoms with van der Waals surface area (Å²) in [6, 6.07) is 24.4. The summed E-state index contributed by atoms with van der Waals surface area (Å²) in [6.07, 6.45) is 0. The molecule has 0 spiro atoms. The topological polar surface area (TPSA) is 57.6 Å². The lowest BCUT2D eigenvalue weighted by atomic mass is 9.76. The normalized spacial score (nSPS) is 17.3. The van der Waals surface area contributed by atoms with Crippen LogP contribution in [0.1, 0.15) is 27.7 Å². The van der Waals surface area contributed by atoms with Gasteiger partial charge in [0.25, 0.3) is 0 Å². The Labute approximate surface area is 202 Å². The van der Waals surface area contributed by atoms with E-state index in [9.17, 15) is 0 Å². The number of hydrogen-bond acceptors (Lipinski definition) is 5. The number of aromatic nitrogens is 1. The summed E-state index contributed by atoms with van der Waals surface area (Å²) in [5, 5.41) is 4.16. The molecule has 1 fully saturated rings. The fraction of sp³-hybridized carbons (Fsp3) is 0.207. The Kier molecular flexibility index (Phi) is 4.13. The minimum Gasteiger partial charge on any atom is -0.456 e. The van der Waals surface area contributed by atoms with Crippen LogP contribution in [0.5, 0.6) is 0 Å². The highest BCUT2D eigenvalue weighted by molar-refractivity contribution is 6.66. The quantitative estimate of drug-likeness (QED) is 0.264. The fourth-order valence-electron chi connectivity index (χ4n) is 4.93. The standard InChI is InChI=1S/C29H24BNO4/c1-28(2)29(3,4)35-30(34-28)21-10-7-11-24-25(21)20-16-18(13-15-23(20)32-24)27-31-22-14-12-17-8-5-6-9-19(17)26(22)33-27/h5-16H,1-4H3. The molecule has 1 aliphatic rings. The van der Waals surface area contributed by atoms with Gasteiger partial charge in [0.1, 0.15) is 16.7 Å². The van der Waals surface area contributed by atoms with Gasteiger partial charge in [-0.15, -0.1) is 0 Å². The Balaban J connectivity index is 1.41. The van der Waals surface area contributed by atoms with Crippen LogP contribution in [-0.4, -0.2) is 23.3 Å². The monoisotopic (exact) mass is 461 g/mol. The number of oxazole rings is 1. The maximum absolute atomic E-state index is 6.38. The zero-order valence-corrected chi connectivity index (χ0v) is 20.1. The summed E-state index contributed by atoms with van der Waals surface area (Å²) < 4.78 is 25.3. The second-order valence-electron chi connectivity index (χ2n) is 10.3. The highest BCUT2D eigenvalue weighted by Gasteiger charge is 2.52. The predicted molar refractivity (Wildman–Crippen MR) is 140 cm³/mol. The summed E-state index contributed by atoms with van der Waals surface area (Å²) in [7, 11) is -0.483. The van der Waals surface area contributed by atoms with Gasteiger partial charge < -0.3 is 18.1 Å². The lowest BCUT2D eigenvalue weighted by molar-refractivity contribution is 0.00578. The molecule has 6 heteroatoms. The number of benzene rings is 4. The van der Waals surface area contributed by atoms with E-state index in [0.29, 0.717) is 5.89 Å². The first-order chi connectivity index (χ1) is 16.8. The summed E-state index contributed by atoms with van der Waals surface area (Å²) >= 11 is 0. The maximum Gasteiger partial charge on any atom is 0.495 e. The van der Waals surface area contributed by atoms with Crippen LogP contribution >= 0.6 is 0 Å². The first kappa shape index (κ1) is 20.7. The van der Waals surface area contributed by atoms with Crippen molar-refractivity contribution in [2.24, 2.45) is 0 Å². The highest BCUT2D eigenvalue weighted by atomic mass is 16.7. The molecule has 1 saturated heterocycles. The van der Waals surface area contributed by atoms with Crippen molar-refractivity contribution in [2.75, 3.05) is 0 Å². The van der Waals surface area contributed by atoms with Crippen LogP contribution in [0.15, 0.2) is 81.6 Å². The van der Waals surface area contributed by atoms with Gasteiger partial charge in [-0.3, -0.25) is 0 Å². The molecule has 0 unspecified atom stereocenters. The molecule has 0 N–H and O–H groups in total. The molecule has 0 saturated carbocycles. The van der Waals surface area contributed by atoms with Crippen molar-refractivity contribution < 1.29 is 18.1 Å². The molecule has 3 heterocycles. The molecule has 4 aromatic carbocycles. The van der Waals surface area contributed by atoms with Crippen LogP contribution < -0.4 is 5.46 Å². The molecular formula is C29H24BNO4. The van der Waals surface area contributed by atoms with Crippen LogP contribution in [-0.2, 0) is 9.31 Å². The van der Waals surface area contributed by atoms with E-state index in [2.05, 4.69) is 58.0 Å². The number of furan rings is 1. The smallest absolute Gasteiger partial charge is 0.456 e. The van der Waals surface area contributed by atoms with Gasteiger partial charge in [0.05, 0.1) is 11.2 Å². The molecule has 0 aliphatic carbocycles. The molecule has 1 aliphatic heterocycles. The maximum atomic E-state index is 6.38. The summed E-state index contributed by atoms with van der Waals surface area (Å²) in [4.78, 5) is 4.80. The Morgan fingerprint density at radius 1 is 0.714 bits per heavy atom. The third kappa shape index (κ3) is 3.00. The first-order valence-electron chi connectivity index (χ1n) is 11.9. The van der Waals surface area contributed by atoms with E-state index in [1.54, 1.807) is 0 Å². The molecule has 0 amide bonds. The number of fused-ring (bicyclic) bond motifs is 6. The molecule has 5 nitrogen and oxygen atoms in total. The second-order valence-corrected chi connectivity index (χ2v) is 10.3. The van der Waals surface area contributed by atoms with E-state index in [-0.39, 0.29) is 0 Å². The largest absolute Gasteiger partial charge is 0.495 e. The Bertz CT molecular complexity index is 1760. The number of rotatable bonds is 2. The Morgan fingerprint density at radius 2 is 1.51 bits per heavy atom. The lowest BCUT2D eigenvalue weighted by Crippen LogP contribution is -2.41. The SMILES string of the molecule is CC1(C)OB(c2cccc3oc4ccc(-c5nc6ccc7ccccc7c6o5)cc4c23)OC1(C)C. The molecule has 2 aromatic heterocycles. The van der Waals surface area contributed by atoms with Gasteiger partial charge in [0.15, 0.2) is 5.58 Å². The zero-order valence-electron chi connectivity index (χ0n) is 20.1. The van der Waals surface area contributed by atoms with E-state index in [0.717, 1.165) is 54.8 Å². The van der Waals surface area contributed by atoms with E-state index in [1.807, 2.05) is 42.5 Å². The van der Waals surface area contributed by atoms with Crippen LogP contribution in [0.2, 0.25) is 0 Å².